The van der Waals surface area contributed by atoms with Gasteiger partial charge in [0.1, 0.15) is 0 Å². The maximum absolute atomic E-state index is 12.4. The van der Waals surface area contributed by atoms with Gasteiger partial charge in [-0.25, -0.2) is 18.1 Å². The second-order valence-corrected chi connectivity index (χ2v) is 6.72. The number of thiazole rings is 1. The topological polar surface area (TPSA) is 84.7 Å². The normalized spacial score (nSPS) is 12.1. The Morgan fingerprint density at radius 1 is 1.45 bits per heavy atom. The molecule has 0 atom stereocenters. The van der Waals surface area contributed by atoms with E-state index in [1.807, 2.05) is 0 Å². The Bertz CT molecular complexity index is 662. The highest BCUT2D eigenvalue weighted by atomic mass is 32.2. The Balaban J connectivity index is 2.16. The molecular formula is C11H18N4O3S2. The highest BCUT2D eigenvalue weighted by Gasteiger charge is 2.24. The van der Waals surface area contributed by atoms with Gasteiger partial charge in [0.2, 0.25) is 0 Å². The van der Waals surface area contributed by atoms with Crippen LogP contribution in [0.1, 0.15) is 12.8 Å². The molecule has 0 aromatic carbocycles. The lowest BCUT2D eigenvalue weighted by Crippen LogP contribution is -2.26. The fourth-order valence-electron chi connectivity index (χ4n) is 1.83. The molecule has 0 bridgehead atoms. The summed E-state index contributed by atoms with van der Waals surface area (Å²) in [6.45, 7) is 1.01. The van der Waals surface area contributed by atoms with Crippen molar-refractivity contribution in [2.75, 3.05) is 32.6 Å². The van der Waals surface area contributed by atoms with Gasteiger partial charge in [-0.05, 0) is 12.8 Å². The van der Waals surface area contributed by atoms with Gasteiger partial charge in [-0.1, -0.05) is 0 Å². The first-order valence-electron chi connectivity index (χ1n) is 6.22. The Hall–Kier alpha value is -1.16. The lowest BCUT2D eigenvalue weighted by atomic mass is 10.3. The third kappa shape index (κ3) is 3.11. The number of methoxy groups -OCH3 is 1. The predicted molar refractivity (Wildman–Crippen MR) is 78.9 cm³/mol. The van der Waals surface area contributed by atoms with Crippen molar-refractivity contribution >= 4 is 32.1 Å². The van der Waals surface area contributed by atoms with Crippen LogP contribution in [0.3, 0.4) is 0 Å². The van der Waals surface area contributed by atoms with Crippen molar-refractivity contribution in [1.29, 1.82) is 0 Å². The number of imidazole rings is 1. The monoisotopic (exact) mass is 318 g/mol. The summed E-state index contributed by atoms with van der Waals surface area (Å²) in [7, 11) is -0.305. The highest BCUT2D eigenvalue weighted by molar-refractivity contribution is 7.89. The first-order valence-corrected chi connectivity index (χ1v) is 8.58. The van der Waals surface area contributed by atoms with Crippen LogP contribution in [-0.4, -0.2) is 45.1 Å². The van der Waals surface area contributed by atoms with Gasteiger partial charge in [0.15, 0.2) is 15.8 Å². The molecule has 7 nitrogen and oxygen atoms in total. The number of unbranched alkanes of at least 4 members (excludes halogenated alkanes) is 1. The second-order valence-electron chi connectivity index (χ2n) is 4.17. The average molecular weight is 318 g/mol. The van der Waals surface area contributed by atoms with Crippen molar-refractivity contribution in [2.24, 2.45) is 0 Å². The largest absolute Gasteiger partial charge is 0.385 e. The summed E-state index contributed by atoms with van der Waals surface area (Å²) in [4.78, 5) is 4.89. The molecule has 0 aliphatic rings. The van der Waals surface area contributed by atoms with Crippen LogP contribution in [0.15, 0.2) is 16.6 Å². The number of nitrogens with one attached hydrogen (secondary N) is 2. The van der Waals surface area contributed by atoms with Crippen LogP contribution in [0.5, 0.6) is 0 Å². The van der Waals surface area contributed by atoms with Crippen LogP contribution in [0.25, 0.3) is 4.96 Å². The molecule has 20 heavy (non-hydrogen) atoms. The molecule has 2 N–H and O–H groups in total. The van der Waals surface area contributed by atoms with Crippen molar-refractivity contribution in [3.05, 3.63) is 11.6 Å². The number of ether oxygens (including phenoxy) is 1. The van der Waals surface area contributed by atoms with Gasteiger partial charge in [0.05, 0.1) is 0 Å². The summed E-state index contributed by atoms with van der Waals surface area (Å²) < 4.78 is 33.9. The minimum absolute atomic E-state index is 0.156. The summed E-state index contributed by atoms with van der Waals surface area (Å²) in [6, 6.07) is 0. The molecule has 2 aromatic rings. The van der Waals surface area contributed by atoms with E-state index < -0.39 is 10.0 Å². The fraction of sp³-hybridized carbons (Fsp3) is 0.545. The van der Waals surface area contributed by atoms with E-state index in [1.165, 1.54) is 11.3 Å². The predicted octanol–water partition coefficient (Wildman–Crippen LogP) is 1.14. The third-order valence-electron chi connectivity index (χ3n) is 2.78. The molecule has 0 radical (unpaired) electrons. The molecule has 2 aromatic heterocycles. The zero-order valence-electron chi connectivity index (χ0n) is 11.4. The minimum Gasteiger partial charge on any atom is -0.385 e. The summed E-state index contributed by atoms with van der Waals surface area (Å²) in [5.74, 6) is 0.362. The molecule has 0 fully saturated rings. The number of nitrogens with zero attached hydrogens (tertiary/aromatic N) is 2. The lowest BCUT2D eigenvalue weighted by molar-refractivity contribution is 0.193. The van der Waals surface area contributed by atoms with Crippen LogP contribution in [0, 0.1) is 0 Å². The van der Waals surface area contributed by atoms with E-state index in [0.29, 0.717) is 23.9 Å². The number of sulfonamides is 1. The second kappa shape index (κ2) is 6.53. The Morgan fingerprint density at radius 2 is 2.25 bits per heavy atom. The number of rotatable bonds is 8. The first kappa shape index (κ1) is 15.2. The van der Waals surface area contributed by atoms with Gasteiger partial charge >= 0.3 is 0 Å². The molecule has 0 spiro atoms. The quantitative estimate of drug-likeness (QED) is 0.713. The Labute approximate surface area is 122 Å². The van der Waals surface area contributed by atoms with E-state index in [1.54, 1.807) is 30.1 Å². The van der Waals surface area contributed by atoms with Crippen LogP contribution >= 0.6 is 11.3 Å². The molecule has 0 saturated carbocycles. The maximum atomic E-state index is 12.4. The number of fused-ring (bicyclic) bond motifs is 1. The molecule has 0 unspecified atom stereocenters. The molecule has 2 rings (SSSR count). The van der Waals surface area contributed by atoms with Gasteiger partial charge in [0, 0.05) is 38.9 Å². The van der Waals surface area contributed by atoms with E-state index in [4.69, 9.17) is 4.74 Å². The molecule has 0 saturated heterocycles. The van der Waals surface area contributed by atoms with Crippen LogP contribution < -0.4 is 10.0 Å². The molecule has 112 valence electrons. The van der Waals surface area contributed by atoms with Crippen molar-refractivity contribution in [3.63, 3.8) is 0 Å². The van der Waals surface area contributed by atoms with Gasteiger partial charge in [0.25, 0.3) is 10.0 Å². The van der Waals surface area contributed by atoms with Gasteiger partial charge < -0.3 is 10.1 Å². The Kier molecular flexibility index (Phi) is 4.97. The molecule has 9 heteroatoms. The molecule has 2 heterocycles. The SMILES string of the molecule is CNc1nc2sccn2c1S(=O)(=O)NCCCCOC. The van der Waals surface area contributed by atoms with Crippen molar-refractivity contribution in [1.82, 2.24) is 14.1 Å². The van der Waals surface area contributed by atoms with Gasteiger partial charge in [-0.3, -0.25) is 4.40 Å². The third-order valence-corrected chi connectivity index (χ3v) is 5.02. The Morgan fingerprint density at radius 3 is 2.95 bits per heavy atom. The number of anilines is 1. The van der Waals surface area contributed by atoms with E-state index >= 15 is 0 Å². The van der Waals surface area contributed by atoms with Crippen molar-refractivity contribution in [2.45, 2.75) is 17.9 Å². The summed E-state index contributed by atoms with van der Waals surface area (Å²) in [5.41, 5.74) is 0. The summed E-state index contributed by atoms with van der Waals surface area (Å²) in [6.07, 6.45) is 3.25. The molecule has 0 amide bonds. The standard InChI is InChI=1S/C11H18N4O3S2/c1-12-9-10(15-6-8-19-11(15)14-9)20(16,17)13-5-3-4-7-18-2/h6,8,12-13H,3-5,7H2,1-2H3. The lowest BCUT2D eigenvalue weighted by Gasteiger charge is -2.07. The smallest absolute Gasteiger partial charge is 0.260 e. The fourth-order valence-corrected chi connectivity index (χ4v) is 3.96. The van der Waals surface area contributed by atoms with E-state index in [9.17, 15) is 8.42 Å². The number of hydrogen-bond acceptors (Lipinski definition) is 6. The average Bonchev–Trinajstić information content (AvgIpc) is 2.97. The maximum Gasteiger partial charge on any atom is 0.260 e. The minimum atomic E-state index is -3.59. The number of hydrogen-bond donors (Lipinski definition) is 2. The number of aromatic nitrogens is 2. The van der Waals surface area contributed by atoms with Crippen molar-refractivity contribution in [3.8, 4) is 0 Å². The van der Waals surface area contributed by atoms with Crippen LogP contribution in [0.2, 0.25) is 0 Å². The van der Waals surface area contributed by atoms with E-state index in [0.717, 1.165) is 12.8 Å². The molecular weight excluding hydrogens is 300 g/mol. The van der Waals surface area contributed by atoms with E-state index in [-0.39, 0.29) is 5.03 Å². The van der Waals surface area contributed by atoms with E-state index in [2.05, 4.69) is 15.0 Å². The zero-order chi connectivity index (χ0) is 14.6. The van der Waals surface area contributed by atoms with Gasteiger partial charge in [-0.2, -0.15) is 0 Å². The zero-order valence-corrected chi connectivity index (χ0v) is 13.1. The van der Waals surface area contributed by atoms with Crippen molar-refractivity contribution < 1.29 is 13.2 Å². The van der Waals surface area contributed by atoms with Crippen LogP contribution in [0.4, 0.5) is 5.82 Å². The molecule has 0 aliphatic carbocycles. The summed E-state index contributed by atoms with van der Waals surface area (Å²) in [5, 5.41) is 4.78. The highest BCUT2D eigenvalue weighted by Crippen LogP contribution is 2.25. The molecule has 0 aliphatic heterocycles. The first-order chi connectivity index (χ1) is 9.60. The van der Waals surface area contributed by atoms with Crippen LogP contribution in [-0.2, 0) is 14.8 Å². The van der Waals surface area contributed by atoms with Gasteiger partial charge in [-0.15, -0.1) is 11.3 Å². The summed E-state index contributed by atoms with van der Waals surface area (Å²) >= 11 is 1.39.